The van der Waals surface area contributed by atoms with Crippen LogP contribution in [0.5, 0.6) is 0 Å². The fourth-order valence-corrected chi connectivity index (χ4v) is 0. The van der Waals surface area contributed by atoms with Crippen LogP contribution in [0.4, 0.5) is 0 Å². The van der Waals surface area contributed by atoms with Crippen LogP contribution in [0, 0.1) is 0 Å². The fourth-order valence-electron chi connectivity index (χ4n) is 0. The highest BCUT2D eigenvalue weighted by Crippen LogP contribution is 1.77. The lowest BCUT2D eigenvalue weighted by Gasteiger charge is -1.91. The molecular weight excluding hydrogens is 62.1 g/mol. The van der Waals surface area contributed by atoms with E-state index in [1.165, 1.54) is 0 Å². The molecule has 5 heavy (non-hydrogen) atoms. The standard InChI is InChI=1S/C4H11N.H2/c1-3-4(2)5;/h4H,3,5H2,1-2H3;1H/t4-;/m0./s1. The summed E-state index contributed by atoms with van der Waals surface area (Å²) in [5.41, 5.74) is 5.29. The van der Waals surface area contributed by atoms with E-state index in [-0.39, 0.29) is 1.43 Å². The van der Waals surface area contributed by atoms with Crippen molar-refractivity contribution in [1.29, 1.82) is 0 Å². The van der Waals surface area contributed by atoms with Gasteiger partial charge in [0.2, 0.25) is 0 Å². The lowest BCUT2D eigenvalue weighted by atomic mass is 10.3. The molecule has 1 nitrogen and oxygen atoms in total. The summed E-state index contributed by atoms with van der Waals surface area (Å²) in [5.74, 6) is 0. The van der Waals surface area contributed by atoms with Crippen LogP contribution in [0.1, 0.15) is 21.7 Å². The van der Waals surface area contributed by atoms with Gasteiger partial charge in [0.15, 0.2) is 0 Å². The van der Waals surface area contributed by atoms with E-state index in [0.29, 0.717) is 6.04 Å². The van der Waals surface area contributed by atoms with Crippen LogP contribution in [-0.2, 0) is 0 Å². The van der Waals surface area contributed by atoms with E-state index in [9.17, 15) is 0 Å². The van der Waals surface area contributed by atoms with Crippen LogP contribution in [0.3, 0.4) is 0 Å². The molecular formula is C4H13N. The number of rotatable bonds is 1. The average molecular weight is 75.2 g/mol. The predicted octanol–water partition coefficient (Wildman–Crippen LogP) is 0.990. The Bertz CT molecular complexity index is 21.5. The third kappa shape index (κ3) is 3.96. The highest BCUT2D eigenvalue weighted by atomic mass is 14.6. The van der Waals surface area contributed by atoms with Gasteiger partial charge in [-0.1, -0.05) is 6.92 Å². The maximum Gasteiger partial charge on any atom is 0.000781 e. The molecule has 0 saturated carbocycles. The summed E-state index contributed by atoms with van der Waals surface area (Å²) in [4.78, 5) is 0. The first kappa shape index (κ1) is 4.96. The molecule has 0 saturated heterocycles. The zero-order valence-corrected chi connectivity index (χ0v) is 3.86. The van der Waals surface area contributed by atoms with Crippen LogP contribution in [0.25, 0.3) is 0 Å². The fraction of sp³-hybridized carbons (Fsp3) is 1.00. The number of hydrogen-bond acceptors (Lipinski definition) is 1. The Morgan fingerprint density at radius 3 is 2.20 bits per heavy atom. The smallest absolute Gasteiger partial charge is 0.000781 e. The van der Waals surface area contributed by atoms with Gasteiger partial charge in [-0.3, -0.25) is 0 Å². The molecule has 0 spiro atoms. The van der Waals surface area contributed by atoms with Gasteiger partial charge in [-0.05, 0) is 13.3 Å². The third-order valence-corrected chi connectivity index (χ3v) is 0.644. The first-order valence-electron chi connectivity index (χ1n) is 2.03. The predicted molar refractivity (Wildman–Crippen MR) is 26.1 cm³/mol. The van der Waals surface area contributed by atoms with Gasteiger partial charge in [0, 0.05) is 7.47 Å². The van der Waals surface area contributed by atoms with Gasteiger partial charge in [-0.2, -0.15) is 0 Å². The zero-order chi connectivity index (χ0) is 4.28. The highest BCUT2D eigenvalue weighted by Gasteiger charge is 1.79. The molecule has 0 heterocycles. The molecule has 2 N–H and O–H groups in total. The SMILES string of the molecule is CC[C@H](C)N.[HH]. The maximum atomic E-state index is 5.29. The van der Waals surface area contributed by atoms with Crippen molar-refractivity contribution in [3.05, 3.63) is 0 Å². The van der Waals surface area contributed by atoms with Crippen molar-refractivity contribution in [3.8, 4) is 0 Å². The Labute approximate surface area is 34.7 Å². The molecule has 0 aromatic carbocycles. The molecule has 1 atom stereocenters. The lowest BCUT2D eigenvalue weighted by molar-refractivity contribution is 0.715. The van der Waals surface area contributed by atoms with Gasteiger partial charge >= 0.3 is 0 Å². The van der Waals surface area contributed by atoms with Crippen molar-refractivity contribution in [1.82, 2.24) is 0 Å². The van der Waals surface area contributed by atoms with Crippen molar-refractivity contribution in [2.45, 2.75) is 26.3 Å². The first-order chi connectivity index (χ1) is 2.27. The lowest BCUT2D eigenvalue weighted by Crippen LogP contribution is -2.11. The molecule has 0 aliphatic heterocycles. The maximum absolute atomic E-state index is 5.29. The molecule has 0 bridgehead atoms. The van der Waals surface area contributed by atoms with Crippen LogP contribution in [0.15, 0.2) is 0 Å². The largest absolute Gasteiger partial charge is 0.328 e. The van der Waals surface area contributed by atoms with E-state index in [0.717, 1.165) is 6.42 Å². The Morgan fingerprint density at radius 1 is 2.00 bits per heavy atom. The summed E-state index contributed by atoms with van der Waals surface area (Å²) in [5, 5.41) is 0. The van der Waals surface area contributed by atoms with Gasteiger partial charge in [0.05, 0.1) is 0 Å². The third-order valence-electron chi connectivity index (χ3n) is 0.644. The molecule has 1 heteroatoms. The van der Waals surface area contributed by atoms with Gasteiger partial charge in [0.25, 0.3) is 0 Å². The van der Waals surface area contributed by atoms with E-state index in [1.54, 1.807) is 0 Å². The van der Waals surface area contributed by atoms with E-state index >= 15 is 0 Å². The Morgan fingerprint density at radius 2 is 2.20 bits per heavy atom. The van der Waals surface area contributed by atoms with Crippen LogP contribution in [-0.4, -0.2) is 6.04 Å². The Hall–Kier alpha value is -0.0400. The van der Waals surface area contributed by atoms with E-state index < -0.39 is 0 Å². The Kier molecular flexibility index (Phi) is 2.19. The quantitative estimate of drug-likeness (QED) is 0.494. The minimum Gasteiger partial charge on any atom is -0.328 e. The molecule has 34 valence electrons. The summed E-state index contributed by atoms with van der Waals surface area (Å²) in [6, 6.07) is 0.384. The molecule has 0 aromatic heterocycles. The summed E-state index contributed by atoms with van der Waals surface area (Å²) in [7, 11) is 0. The zero-order valence-electron chi connectivity index (χ0n) is 3.86. The minimum atomic E-state index is 0. The summed E-state index contributed by atoms with van der Waals surface area (Å²) in [6.45, 7) is 4.07. The van der Waals surface area contributed by atoms with Crippen molar-refractivity contribution < 1.29 is 1.43 Å². The second-order valence-corrected chi connectivity index (χ2v) is 1.39. The molecule has 0 unspecified atom stereocenters. The van der Waals surface area contributed by atoms with Crippen LogP contribution >= 0.6 is 0 Å². The summed E-state index contributed by atoms with van der Waals surface area (Å²) in [6.07, 6.45) is 1.08. The minimum absolute atomic E-state index is 0. The van der Waals surface area contributed by atoms with Gasteiger partial charge < -0.3 is 5.73 Å². The van der Waals surface area contributed by atoms with Crippen molar-refractivity contribution in [2.24, 2.45) is 5.73 Å². The molecule has 0 rings (SSSR count). The second-order valence-electron chi connectivity index (χ2n) is 1.39. The molecule has 0 amide bonds. The average Bonchev–Trinajstić information content (AvgIpc) is 1.38. The number of hydrogen-bond donors (Lipinski definition) is 1. The molecule has 0 radical (unpaired) electrons. The molecule has 0 aliphatic rings. The first-order valence-corrected chi connectivity index (χ1v) is 2.03. The van der Waals surface area contributed by atoms with Gasteiger partial charge in [-0.15, -0.1) is 0 Å². The molecule has 0 aliphatic carbocycles. The Balaban J connectivity index is 0. The molecule has 0 fully saturated rings. The second kappa shape index (κ2) is 2.21. The highest BCUT2D eigenvalue weighted by molar-refractivity contribution is 4.43. The topological polar surface area (TPSA) is 26.0 Å². The molecule has 0 aromatic rings. The number of nitrogens with two attached hydrogens (primary N) is 1. The summed E-state index contributed by atoms with van der Waals surface area (Å²) < 4.78 is 0. The normalized spacial score (nSPS) is 15.0. The van der Waals surface area contributed by atoms with E-state index in [4.69, 9.17) is 5.73 Å². The monoisotopic (exact) mass is 75.1 g/mol. The van der Waals surface area contributed by atoms with Gasteiger partial charge in [0.1, 0.15) is 0 Å². The summed E-state index contributed by atoms with van der Waals surface area (Å²) >= 11 is 0. The van der Waals surface area contributed by atoms with Crippen LogP contribution in [0.2, 0.25) is 0 Å². The van der Waals surface area contributed by atoms with E-state index in [1.807, 2.05) is 6.92 Å². The van der Waals surface area contributed by atoms with Crippen molar-refractivity contribution >= 4 is 0 Å². The van der Waals surface area contributed by atoms with E-state index in [2.05, 4.69) is 6.92 Å². The van der Waals surface area contributed by atoms with Crippen molar-refractivity contribution in [3.63, 3.8) is 0 Å². The van der Waals surface area contributed by atoms with Crippen molar-refractivity contribution in [2.75, 3.05) is 0 Å². The van der Waals surface area contributed by atoms with Crippen LogP contribution < -0.4 is 5.73 Å². The van der Waals surface area contributed by atoms with Gasteiger partial charge in [-0.25, -0.2) is 0 Å².